The van der Waals surface area contributed by atoms with E-state index in [9.17, 15) is 0 Å². The maximum Gasteiger partial charge on any atom is 0.0281 e. The first-order chi connectivity index (χ1) is 47.1. The van der Waals surface area contributed by atoms with Crippen LogP contribution in [0, 0.1) is 49.4 Å². The molecule has 0 heteroatoms. The lowest BCUT2D eigenvalue weighted by molar-refractivity contribution is 0.259. The summed E-state index contributed by atoms with van der Waals surface area (Å²) in [5.74, 6) is 5.67. The van der Waals surface area contributed by atoms with Gasteiger partial charge in [-0.1, -0.05) is 315 Å². The summed E-state index contributed by atoms with van der Waals surface area (Å²) >= 11 is 0. The molecule has 5 aromatic carbocycles. The standard InChI is InChI=1S/C33H38.C28H30.C28H28.C7H14/c1-22(2)26-12-14-28(15-13-26)27-10-8-25(9-11-27)21-29-16-17-32(33-7-5-6-31(29)33)30-19-23(3)18-24(4)20-30;1-3-8-22(9-4-1)23-16-14-21(15-17-23)20-25-18-19-27(24-10-5-2-6-11-24)28-13-7-12-26(25)28;1-2-5-20-10-12-21(13-11-20)18-24-16-17-27(28-9-4-8-26(24)28)25-15-14-22-6-3-7-23(22)19-25;1-2-7-5-3-4-6-7/h5-11,16-20,22,26,28,33H,12-15,21H2,1-4H3;5,7,10-19,22,28H,1-4,6,8-9,20H2;4,8-17,19,28H,2-3,5-7,18H2,1H3;7H,2-6H2,1H3. The van der Waals surface area contributed by atoms with E-state index < -0.39 is 0 Å². The summed E-state index contributed by atoms with van der Waals surface area (Å²) in [6.07, 6.45) is 73.6. The molecule has 0 spiro atoms. The van der Waals surface area contributed by atoms with Crippen LogP contribution in [0.4, 0.5) is 0 Å². The van der Waals surface area contributed by atoms with Crippen molar-refractivity contribution in [2.75, 3.05) is 0 Å². The molecular formula is C96H110. The number of fused-ring (bicyclic) bond motifs is 4. The van der Waals surface area contributed by atoms with Crippen LogP contribution in [0.25, 0.3) is 11.1 Å². The number of benzene rings is 5. The number of aryl methyl sites for hydroxylation is 5. The SMILES string of the molecule is C1=CC2C(C3=CCCC=C3)=CC=C(Cc3ccc(C4CCCCC4)cc3)C2=C1.CCC1CCCC1.CCCc1ccc(CC2=CC=C(c3ccc4c(c3)CCC4)C3C=CC=C23)cc1.Cc1cc(C)cc(C2=CC=C(Cc3ccc(C4CCC(C(C)C)CC4)cc3)C3=CC=CC32)c1. The number of hydrogen-bond donors (Lipinski definition) is 0. The topological polar surface area (TPSA) is 0 Å². The third-order valence-electron chi connectivity index (χ3n) is 23.6. The summed E-state index contributed by atoms with van der Waals surface area (Å²) in [4.78, 5) is 0. The van der Waals surface area contributed by atoms with Crippen LogP contribution >= 0.6 is 0 Å². The highest BCUT2D eigenvalue weighted by Crippen LogP contribution is 2.46. The highest BCUT2D eigenvalue weighted by Gasteiger charge is 2.31. The lowest BCUT2D eigenvalue weighted by Gasteiger charge is -2.31. The van der Waals surface area contributed by atoms with E-state index in [1.165, 1.54) is 235 Å². The minimum atomic E-state index is 0.390. The summed E-state index contributed by atoms with van der Waals surface area (Å²) in [7, 11) is 0. The third kappa shape index (κ3) is 16.4. The second-order valence-electron chi connectivity index (χ2n) is 30.6. The van der Waals surface area contributed by atoms with Gasteiger partial charge in [-0.05, 0) is 251 Å². The van der Waals surface area contributed by atoms with E-state index in [0.717, 1.165) is 48.9 Å². The molecule has 11 aliphatic rings. The molecule has 0 aromatic heterocycles. The van der Waals surface area contributed by atoms with Crippen LogP contribution in [-0.2, 0) is 38.5 Å². The second-order valence-corrected chi connectivity index (χ2v) is 30.6. The van der Waals surface area contributed by atoms with Crippen LogP contribution in [0.5, 0.6) is 0 Å². The third-order valence-corrected chi connectivity index (χ3v) is 23.6. The number of allylic oxidation sites excluding steroid dienone is 28. The molecule has 3 saturated carbocycles. The Balaban J connectivity index is 0.000000124. The van der Waals surface area contributed by atoms with E-state index in [1.807, 2.05) is 0 Å². The monoisotopic (exact) mass is 1260 g/mol. The molecule has 0 radical (unpaired) electrons. The molecule has 11 aliphatic carbocycles. The van der Waals surface area contributed by atoms with Gasteiger partial charge in [-0.2, -0.15) is 0 Å². The van der Waals surface area contributed by atoms with Crippen molar-refractivity contribution >= 4 is 11.1 Å². The van der Waals surface area contributed by atoms with Gasteiger partial charge in [-0.15, -0.1) is 0 Å². The summed E-state index contributed by atoms with van der Waals surface area (Å²) in [6.45, 7) is 13.7. The maximum atomic E-state index is 2.45. The van der Waals surface area contributed by atoms with Crippen molar-refractivity contribution in [2.45, 2.75) is 207 Å². The molecule has 0 saturated heterocycles. The van der Waals surface area contributed by atoms with Crippen molar-refractivity contribution in [3.05, 3.63) is 330 Å². The van der Waals surface area contributed by atoms with Crippen LogP contribution in [0.3, 0.4) is 0 Å². The molecule has 0 amide bonds. The molecular weight excluding hydrogens is 1150 g/mol. The van der Waals surface area contributed by atoms with Gasteiger partial charge in [0.2, 0.25) is 0 Å². The molecule has 0 heterocycles. The Hall–Kier alpha value is -7.54. The lowest BCUT2D eigenvalue weighted by atomic mass is 9.74. The lowest BCUT2D eigenvalue weighted by Crippen LogP contribution is -2.17. The van der Waals surface area contributed by atoms with E-state index in [-0.39, 0.29) is 0 Å². The quantitative estimate of drug-likeness (QED) is 0.0980. The Labute approximate surface area is 580 Å². The average Bonchev–Trinajstić information content (AvgIpc) is 1.55. The zero-order valence-electron chi connectivity index (χ0n) is 59.4. The predicted octanol–water partition coefficient (Wildman–Crippen LogP) is 25.8. The van der Waals surface area contributed by atoms with Crippen LogP contribution in [-0.4, -0.2) is 0 Å². The fraction of sp³-hybridized carbons (Fsp3) is 0.396. The van der Waals surface area contributed by atoms with Gasteiger partial charge >= 0.3 is 0 Å². The van der Waals surface area contributed by atoms with Gasteiger partial charge in [-0.25, -0.2) is 0 Å². The molecule has 0 nitrogen and oxygen atoms in total. The summed E-state index contributed by atoms with van der Waals surface area (Å²) < 4.78 is 0. The van der Waals surface area contributed by atoms with Crippen molar-refractivity contribution in [2.24, 2.45) is 35.5 Å². The zero-order chi connectivity index (χ0) is 65.7. The minimum Gasteiger partial charge on any atom is -0.0836 e. The molecule has 0 N–H and O–H groups in total. The van der Waals surface area contributed by atoms with Gasteiger partial charge in [0.1, 0.15) is 0 Å². The maximum absolute atomic E-state index is 2.45. The van der Waals surface area contributed by atoms with Gasteiger partial charge in [0.05, 0.1) is 0 Å². The molecule has 0 aliphatic heterocycles. The van der Waals surface area contributed by atoms with E-state index in [1.54, 1.807) is 22.3 Å². The van der Waals surface area contributed by atoms with Crippen LogP contribution in [0.15, 0.2) is 263 Å². The van der Waals surface area contributed by atoms with Gasteiger partial charge in [0.25, 0.3) is 0 Å². The highest BCUT2D eigenvalue weighted by atomic mass is 14.3. The van der Waals surface area contributed by atoms with E-state index in [4.69, 9.17) is 0 Å². The van der Waals surface area contributed by atoms with Crippen molar-refractivity contribution in [3.8, 4) is 0 Å². The molecule has 3 fully saturated rings. The first kappa shape index (κ1) is 67.0. The Morgan fingerprint density at radius 1 is 0.406 bits per heavy atom. The van der Waals surface area contributed by atoms with Gasteiger partial charge in [0, 0.05) is 17.8 Å². The predicted molar refractivity (Wildman–Crippen MR) is 413 cm³/mol. The van der Waals surface area contributed by atoms with Gasteiger partial charge in [0.15, 0.2) is 0 Å². The van der Waals surface area contributed by atoms with Crippen molar-refractivity contribution in [1.82, 2.24) is 0 Å². The highest BCUT2D eigenvalue weighted by molar-refractivity contribution is 5.80. The molecule has 0 bridgehead atoms. The fourth-order valence-electron chi connectivity index (χ4n) is 17.9. The molecule has 3 atom stereocenters. The smallest absolute Gasteiger partial charge is 0.0281 e. The summed E-state index contributed by atoms with van der Waals surface area (Å²) in [5, 5.41) is 0. The first-order valence-corrected chi connectivity index (χ1v) is 38.3. The number of rotatable bonds is 15. The Kier molecular flexibility index (Phi) is 22.5. The molecule has 494 valence electrons. The second kappa shape index (κ2) is 32.2. The van der Waals surface area contributed by atoms with Crippen LogP contribution in [0.1, 0.15) is 222 Å². The van der Waals surface area contributed by atoms with Crippen LogP contribution < -0.4 is 0 Å². The Bertz CT molecular complexity index is 3970. The molecule has 16 rings (SSSR count). The van der Waals surface area contributed by atoms with Crippen molar-refractivity contribution < 1.29 is 0 Å². The van der Waals surface area contributed by atoms with Gasteiger partial charge in [-0.3, -0.25) is 0 Å². The Morgan fingerprint density at radius 3 is 1.41 bits per heavy atom. The first-order valence-electron chi connectivity index (χ1n) is 38.3. The van der Waals surface area contributed by atoms with Gasteiger partial charge < -0.3 is 0 Å². The summed E-state index contributed by atoms with van der Waals surface area (Å²) in [5.41, 5.74) is 32.0. The molecule has 96 heavy (non-hydrogen) atoms. The minimum absolute atomic E-state index is 0.390. The van der Waals surface area contributed by atoms with E-state index in [2.05, 4.69) is 260 Å². The van der Waals surface area contributed by atoms with Crippen molar-refractivity contribution in [1.29, 1.82) is 0 Å². The largest absolute Gasteiger partial charge is 0.0836 e. The van der Waals surface area contributed by atoms with Crippen LogP contribution in [0.2, 0.25) is 0 Å². The van der Waals surface area contributed by atoms with E-state index >= 15 is 0 Å². The fourth-order valence-corrected chi connectivity index (χ4v) is 17.9. The normalized spacial score (nSPS) is 23.0. The molecule has 5 aromatic rings. The van der Waals surface area contributed by atoms with E-state index in [0.29, 0.717) is 17.8 Å². The average molecular weight is 1260 g/mol. The van der Waals surface area contributed by atoms with Crippen molar-refractivity contribution in [3.63, 3.8) is 0 Å². The summed E-state index contributed by atoms with van der Waals surface area (Å²) in [6, 6.07) is 42.4. The molecule has 3 unspecified atom stereocenters. The number of hydrogen-bond acceptors (Lipinski definition) is 0. The Morgan fingerprint density at radius 2 is 0.896 bits per heavy atom. The zero-order valence-corrected chi connectivity index (χ0v) is 59.4.